The Bertz CT molecular complexity index is 1060. The topological polar surface area (TPSA) is 84.0 Å². The quantitative estimate of drug-likeness (QED) is 0.586. The van der Waals surface area contributed by atoms with Crippen LogP contribution in [0.15, 0.2) is 30.3 Å². The van der Waals surface area contributed by atoms with Gasteiger partial charge in [-0.3, -0.25) is 9.69 Å². The summed E-state index contributed by atoms with van der Waals surface area (Å²) >= 11 is 0. The maximum Gasteiger partial charge on any atom is 0.388 e. The molecule has 1 aromatic carbocycles. The Balaban J connectivity index is 2.00. The Hall–Kier alpha value is -3.50. The van der Waals surface area contributed by atoms with Gasteiger partial charge in [-0.25, -0.2) is 9.18 Å². The van der Waals surface area contributed by atoms with Gasteiger partial charge in [0.15, 0.2) is 5.82 Å². The highest BCUT2D eigenvalue weighted by Crippen LogP contribution is 2.34. The number of carbonyl (C=O) groups excluding carboxylic acids is 2. The minimum atomic E-state index is -3.25. The number of urea groups is 1. The average molecular weight is 495 g/mol. The minimum absolute atomic E-state index is 0.0457. The number of hydrogen-bond donors (Lipinski definition) is 1. The number of carbonyl (C=O) groups is 2. The monoisotopic (exact) mass is 494 g/mol. The molecule has 0 spiro atoms. The lowest BCUT2D eigenvalue weighted by atomic mass is 9.97. The first-order valence-corrected chi connectivity index (χ1v) is 11.3. The maximum absolute atomic E-state index is 14.4. The number of halogens is 3. The summed E-state index contributed by atoms with van der Waals surface area (Å²) in [5.41, 5.74) is 1.18. The van der Waals surface area contributed by atoms with Crippen LogP contribution in [-0.2, 0) is 4.79 Å². The Morgan fingerprint density at radius 1 is 1.17 bits per heavy atom. The van der Waals surface area contributed by atoms with E-state index in [-0.39, 0.29) is 23.6 Å². The van der Waals surface area contributed by atoms with E-state index in [1.54, 1.807) is 21.9 Å². The van der Waals surface area contributed by atoms with Crippen LogP contribution >= 0.6 is 0 Å². The normalized spacial score (nSPS) is 14.3. The van der Waals surface area contributed by atoms with Gasteiger partial charge in [-0.1, -0.05) is 32.0 Å². The van der Waals surface area contributed by atoms with Crippen molar-refractivity contribution in [1.82, 2.24) is 9.88 Å². The fraction of sp³-hybridized carbons (Fsp3) is 0.458. The van der Waals surface area contributed by atoms with Crippen LogP contribution in [0.25, 0.3) is 0 Å². The van der Waals surface area contributed by atoms with Crippen molar-refractivity contribution in [1.29, 1.82) is 0 Å². The number of rotatable bonds is 7. The third kappa shape index (κ3) is 6.14. The van der Waals surface area contributed by atoms with Crippen LogP contribution in [0.5, 0.6) is 11.8 Å². The van der Waals surface area contributed by atoms with E-state index in [4.69, 9.17) is 4.74 Å². The smallest absolute Gasteiger partial charge is 0.388 e. The third-order valence-electron chi connectivity index (χ3n) is 5.86. The molecule has 8 nitrogen and oxygen atoms in total. The standard InChI is InChI=1S/C24H29F3N4O4/c1-14(2)17-7-5-6-8-20(17)31(16-9-11-30(12-10-16)15(3)32)24(33)28-19-13-18(25)21(34-4)29-22(19)35-23(26)27/h5-8,13-14,16,23H,9-12H2,1-4H3,(H,28,33). The van der Waals surface area contributed by atoms with Gasteiger partial charge in [-0.2, -0.15) is 13.8 Å². The van der Waals surface area contributed by atoms with Crippen LogP contribution in [0, 0.1) is 5.82 Å². The molecular weight excluding hydrogens is 465 g/mol. The molecule has 0 unspecified atom stereocenters. The third-order valence-corrected chi connectivity index (χ3v) is 5.86. The van der Waals surface area contributed by atoms with Crippen molar-refractivity contribution in [2.75, 3.05) is 30.4 Å². The molecular formula is C24H29F3N4O4. The number of alkyl halides is 2. The summed E-state index contributed by atoms with van der Waals surface area (Å²) in [5.74, 6) is -2.13. The molecule has 1 saturated heterocycles. The largest absolute Gasteiger partial charge is 0.479 e. The van der Waals surface area contributed by atoms with Crippen LogP contribution in [0.4, 0.5) is 29.3 Å². The Kier molecular flexibility index (Phi) is 8.42. The summed E-state index contributed by atoms with van der Waals surface area (Å²) in [6.45, 7) is 3.16. The van der Waals surface area contributed by atoms with Crippen molar-refractivity contribution in [2.45, 2.75) is 52.2 Å². The highest BCUT2D eigenvalue weighted by Gasteiger charge is 2.32. The van der Waals surface area contributed by atoms with E-state index in [2.05, 4.69) is 15.0 Å². The first kappa shape index (κ1) is 26.1. The molecule has 1 N–H and O–H groups in total. The minimum Gasteiger partial charge on any atom is -0.479 e. The van der Waals surface area contributed by atoms with Gasteiger partial charge in [0.2, 0.25) is 11.8 Å². The van der Waals surface area contributed by atoms with Gasteiger partial charge in [-0.05, 0) is 30.4 Å². The summed E-state index contributed by atoms with van der Waals surface area (Å²) in [7, 11) is 1.13. The molecule has 0 aliphatic carbocycles. The van der Waals surface area contributed by atoms with Crippen LogP contribution < -0.4 is 19.7 Å². The van der Waals surface area contributed by atoms with Crippen molar-refractivity contribution in [3.8, 4) is 11.8 Å². The van der Waals surface area contributed by atoms with Crippen molar-refractivity contribution in [3.05, 3.63) is 41.7 Å². The highest BCUT2D eigenvalue weighted by atomic mass is 19.3. The molecule has 0 radical (unpaired) electrons. The summed E-state index contributed by atoms with van der Waals surface area (Å²) in [6, 6.07) is 7.25. The van der Waals surface area contributed by atoms with E-state index >= 15 is 0 Å². The summed E-state index contributed by atoms with van der Waals surface area (Å²) in [5, 5.41) is 2.49. The van der Waals surface area contributed by atoms with Crippen LogP contribution in [0.3, 0.4) is 0 Å². The first-order chi connectivity index (χ1) is 16.6. The number of ether oxygens (including phenoxy) is 2. The molecule has 1 fully saturated rings. The van der Waals surface area contributed by atoms with Crippen LogP contribution in [-0.4, -0.2) is 54.7 Å². The van der Waals surface area contributed by atoms with E-state index in [1.165, 1.54) is 6.92 Å². The molecule has 0 bridgehead atoms. The number of aromatic nitrogens is 1. The average Bonchev–Trinajstić information content (AvgIpc) is 2.81. The zero-order valence-corrected chi connectivity index (χ0v) is 20.1. The van der Waals surface area contributed by atoms with Gasteiger partial charge in [0, 0.05) is 37.8 Å². The van der Waals surface area contributed by atoms with Crippen LogP contribution in [0.2, 0.25) is 0 Å². The SMILES string of the molecule is COc1nc(OC(F)F)c(NC(=O)N(c2ccccc2C(C)C)C2CCN(C(C)=O)CC2)cc1F. The number of nitrogens with one attached hydrogen (secondary N) is 1. The maximum atomic E-state index is 14.4. The summed E-state index contributed by atoms with van der Waals surface area (Å²) in [4.78, 5) is 32.3. The number of piperidine rings is 1. The number of likely N-dealkylation sites (tertiary alicyclic amines) is 1. The fourth-order valence-corrected chi connectivity index (χ4v) is 4.14. The van der Waals surface area contributed by atoms with Gasteiger partial charge < -0.3 is 19.7 Å². The molecule has 11 heteroatoms. The van der Waals surface area contributed by atoms with Crippen molar-refractivity contribution < 1.29 is 32.2 Å². The number of methoxy groups -OCH3 is 1. The van der Waals surface area contributed by atoms with Gasteiger partial charge in [-0.15, -0.1) is 0 Å². The zero-order valence-electron chi connectivity index (χ0n) is 20.1. The Labute approximate surface area is 202 Å². The number of benzene rings is 1. The molecule has 1 aliphatic rings. The van der Waals surface area contributed by atoms with E-state index in [9.17, 15) is 22.8 Å². The fourth-order valence-electron chi connectivity index (χ4n) is 4.14. The highest BCUT2D eigenvalue weighted by molar-refractivity contribution is 6.03. The second-order valence-corrected chi connectivity index (χ2v) is 8.46. The zero-order chi connectivity index (χ0) is 25.7. The van der Waals surface area contributed by atoms with E-state index in [0.717, 1.165) is 18.7 Å². The first-order valence-electron chi connectivity index (χ1n) is 11.3. The molecule has 2 heterocycles. The lowest BCUT2D eigenvalue weighted by Crippen LogP contribution is -2.50. The van der Waals surface area contributed by atoms with E-state index in [0.29, 0.717) is 31.6 Å². The van der Waals surface area contributed by atoms with Gasteiger partial charge in [0.05, 0.1) is 7.11 Å². The number of hydrogen-bond acceptors (Lipinski definition) is 5. The second-order valence-electron chi connectivity index (χ2n) is 8.46. The van der Waals surface area contributed by atoms with Crippen LogP contribution in [0.1, 0.15) is 45.1 Å². The molecule has 2 aromatic rings. The predicted octanol–water partition coefficient (Wildman–Crippen LogP) is 5.00. The van der Waals surface area contributed by atoms with Gasteiger partial charge in [0.1, 0.15) is 5.69 Å². The van der Waals surface area contributed by atoms with E-state index < -0.39 is 30.2 Å². The Morgan fingerprint density at radius 3 is 2.40 bits per heavy atom. The van der Waals surface area contributed by atoms with Crippen molar-refractivity contribution in [2.24, 2.45) is 0 Å². The van der Waals surface area contributed by atoms with Crippen molar-refractivity contribution >= 4 is 23.3 Å². The summed E-state index contributed by atoms with van der Waals surface area (Å²) < 4.78 is 49.5. The van der Waals surface area contributed by atoms with Crippen molar-refractivity contribution in [3.63, 3.8) is 0 Å². The Morgan fingerprint density at radius 2 is 1.83 bits per heavy atom. The number of anilines is 2. The molecule has 35 heavy (non-hydrogen) atoms. The number of nitrogens with zero attached hydrogens (tertiary/aromatic N) is 3. The second kappa shape index (κ2) is 11.3. The predicted molar refractivity (Wildman–Crippen MR) is 125 cm³/mol. The molecule has 0 saturated carbocycles. The molecule has 1 aliphatic heterocycles. The molecule has 190 valence electrons. The molecule has 1 aromatic heterocycles. The van der Waals surface area contributed by atoms with Gasteiger partial charge >= 0.3 is 12.6 Å². The lowest BCUT2D eigenvalue weighted by Gasteiger charge is -2.39. The van der Waals surface area contributed by atoms with Gasteiger partial charge in [0.25, 0.3) is 5.88 Å². The molecule has 0 atom stereocenters. The number of pyridine rings is 1. The lowest BCUT2D eigenvalue weighted by molar-refractivity contribution is -0.129. The summed E-state index contributed by atoms with van der Waals surface area (Å²) in [6.07, 6.45) is 1.02. The molecule has 3 rings (SSSR count). The number of amides is 3. The van der Waals surface area contributed by atoms with E-state index in [1.807, 2.05) is 26.0 Å². The number of para-hydroxylation sites is 1. The molecule has 3 amide bonds.